The van der Waals surface area contributed by atoms with Crippen LogP contribution in [0.25, 0.3) is 21.1 Å². The molecule has 0 aliphatic rings. The van der Waals surface area contributed by atoms with Gasteiger partial charge in [-0.25, -0.2) is 20.2 Å². The molecule has 0 heterocycles. The number of rotatable bonds is 19. The van der Waals surface area contributed by atoms with Crippen LogP contribution in [0.15, 0.2) is 72.8 Å². The van der Waals surface area contributed by atoms with Gasteiger partial charge in [0.2, 0.25) is 0 Å². The van der Waals surface area contributed by atoms with Crippen molar-refractivity contribution in [2.24, 2.45) is 0 Å². The summed E-state index contributed by atoms with van der Waals surface area (Å²) in [6.07, 6.45) is 0.237. The summed E-state index contributed by atoms with van der Waals surface area (Å²) in [5.41, 5.74) is 0.414. The minimum absolute atomic E-state index is 0.00634. The molecule has 2 N–H and O–H groups in total. The molecule has 0 bridgehead atoms. The first-order chi connectivity index (χ1) is 24.4. The van der Waals surface area contributed by atoms with Crippen molar-refractivity contribution in [3.63, 3.8) is 0 Å². The van der Waals surface area contributed by atoms with Gasteiger partial charge >= 0.3 is 0 Å². The van der Waals surface area contributed by atoms with Gasteiger partial charge in [-0.3, -0.25) is 9.11 Å². The SMILES string of the molecule is [C-]#[N+]/C(C#N)=c1/cc(OCCOCCC(CS(=O)(=O)O)c2ccccc2)/c(=C(\C#N)[N+]#[C-])cc1OCCOCCC(c1ccccc1)S(=O)(=O)O. The molecule has 0 amide bonds. The number of benzene rings is 3. The Morgan fingerprint density at radius 3 is 1.55 bits per heavy atom. The second-order valence-electron chi connectivity index (χ2n) is 10.8. The van der Waals surface area contributed by atoms with Crippen LogP contribution in [0.5, 0.6) is 11.5 Å². The summed E-state index contributed by atoms with van der Waals surface area (Å²) in [7, 11) is -8.65. The van der Waals surface area contributed by atoms with E-state index in [-0.39, 0.29) is 85.8 Å². The first-order valence-corrected chi connectivity index (χ1v) is 18.4. The maximum atomic E-state index is 11.9. The molecule has 0 aliphatic heterocycles. The Balaban J connectivity index is 1.70. The molecule has 2 atom stereocenters. The third-order valence-electron chi connectivity index (χ3n) is 7.35. The second kappa shape index (κ2) is 19.8. The molecule has 16 heteroatoms. The Kier molecular flexibility index (Phi) is 15.6. The van der Waals surface area contributed by atoms with E-state index in [0.29, 0.717) is 5.56 Å². The third-order valence-corrected chi connectivity index (χ3v) is 9.40. The van der Waals surface area contributed by atoms with Gasteiger partial charge in [0.05, 0.1) is 44.2 Å². The van der Waals surface area contributed by atoms with Crippen LogP contribution in [0.4, 0.5) is 0 Å². The van der Waals surface area contributed by atoms with Gasteiger partial charge in [-0.1, -0.05) is 60.7 Å². The predicted molar refractivity (Wildman–Crippen MR) is 185 cm³/mol. The summed E-state index contributed by atoms with van der Waals surface area (Å²) in [5, 5.41) is 18.1. The third kappa shape index (κ3) is 12.8. The van der Waals surface area contributed by atoms with Crippen LogP contribution in [0.3, 0.4) is 0 Å². The second-order valence-corrected chi connectivity index (χ2v) is 13.9. The first-order valence-electron chi connectivity index (χ1n) is 15.3. The molecule has 3 rings (SSSR count). The van der Waals surface area contributed by atoms with Crippen LogP contribution in [-0.2, 0) is 29.7 Å². The Morgan fingerprint density at radius 1 is 0.686 bits per heavy atom. The molecule has 51 heavy (non-hydrogen) atoms. The first kappa shape index (κ1) is 40.1. The summed E-state index contributed by atoms with van der Waals surface area (Å²) < 4.78 is 88.8. The van der Waals surface area contributed by atoms with Gasteiger partial charge in [-0.2, -0.15) is 16.8 Å². The number of ether oxygens (including phenoxy) is 4. The van der Waals surface area contributed by atoms with Crippen LogP contribution in [0.2, 0.25) is 0 Å². The minimum atomic E-state index is -4.40. The topological polar surface area (TPSA) is 202 Å². The number of hydrogen-bond donors (Lipinski definition) is 2. The maximum Gasteiger partial charge on any atom is 0.272 e. The molecular formula is C35H34N4O10S2. The summed E-state index contributed by atoms with van der Waals surface area (Å²) >= 11 is 0. The Labute approximate surface area is 296 Å². The monoisotopic (exact) mass is 734 g/mol. The molecule has 0 fully saturated rings. The van der Waals surface area contributed by atoms with Gasteiger partial charge in [0.25, 0.3) is 31.6 Å². The zero-order valence-corrected chi connectivity index (χ0v) is 28.8. The standard InChI is InChI=1S/C35H34N4O10S2/c1-38-31(23-36)29-22-34(49-20-18-47-16-14-35(51(43,44)45)27-11-7-4-8-12-27)30(32(24-37)39-2)21-33(29)48-19-17-46-15-13-28(25-50(40,41)42)26-9-5-3-6-10-26/h3-12,21-22,28,35H,13-20,25H2,(H,40,41,42)(H,43,44,45)/b31-29+,32-30-. The van der Waals surface area contributed by atoms with Crippen molar-refractivity contribution in [2.45, 2.75) is 24.0 Å². The van der Waals surface area contributed by atoms with Crippen LogP contribution >= 0.6 is 0 Å². The van der Waals surface area contributed by atoms with E-state index in [1.54, 1.807) is 72.8 Å². The molecule has 0 aliphatic carbocycles. The lowest BCUT2D eigenvalue weighted by Gasteiger charge is -2.16. The Morgan fingerprint density at radius 2 is 1.14 bits per heavy atom. The average molecular weight is 735 g/mol. The normalized spacial score (nSPS) is 13.7. The summed E-state index contributed by atoms with van der Waals surface area (Å²) in [6, 6.07) is 23.2. The fraction of sp³-hybridized carbons (Fsp3) is 0.314. The van der Waals surface area contributed by atoms with Crippen molar-refractivity contribution >= 4 is 31.6 Å². The highest BCUT2D eigenvalue weighted by atomic mass is 32.2. The summed E-state index contributed by atoms with van der Waals surface area (Å²) in [5.74, 6) is -0.995. The zero-order chi connectivity index (χ0) is 37.3. The van der Waals surface area contributed by atoms with E-state index in [4.69, 9.17) is 32.1 Å². The molecule has 0 saturated heterocycles. The van der Waals surface area contributed by atoms with Crippen molar-refractivity contribution in [1.82, 2.24) is 0 Å². The molecule has 3 aromatic carbocycles. The van der Waals surface area contributed by atoms with Crippen molar-refractivity contribution in [2.75, 3.05) is 45.4 Å². The average Bonchev–Trinajstić information content (AvgIpc) is 3.10. The fourth-order valence-electron chi connectivity index (χ4n) is 4.98. The lowest BCUT2D eigenvalue weighted by molar-refractivity contribution is 0.0946. The van der Waals surface area contributed by atoms with E-state index in [1.807, 2.05) is 0 Å². The number of hydrogen-bond acceptors (Lipinski definition) is 10. The number of nitriles is 2. The molecule has 3 aromatic rings. The van der Waals surface area contributed by atoms with E-state index < -0.39 is 37.2 Å². The van der Waals surface area contributed by atoms with Crippen molar-refractivity contribution in [3.8, 4) is 23.6 Å². The van der Waals surface area contributed by atoms with Crippen molar-refractivity contribution in [3.05, 3.63) is 117 Å². The maximum absolute atomic E-state index is 11.9. The van der Waals surface area contributed by atoms with Crippen LogP contribution in [0.1, 0.15) is 35.1 Å². The highest BCUT2D eigenvalue weighted by Gasteiger charge is 2.24. The van der Waals surface area contributed by atoms with Crippen LogP contribution < -0.4 is 19.9 Å². The summed E-state index contributed by atoms with van der Waals surface area (Å²) in [6.45, 7) is 14.8. The van der Waals surface area contributed by atoms with Gasteiger partial charge < -0.3 is 18.9 Å². The molecule has 2 unspecified atom stereocenters. The highest BCUT2D eigenvalue weighted by Crippen LogP contribution is 2.25. The fourth-order valence-corrected chi connectivity index (χ4v) is 6.74. The predicted octanol–water partition coefficient (Wildman–Crippen LogP) is 3.66. The lowest BCUT2D eigenvalue weighted by atomic mass is 9.98. The van der Waals surface area contributed by atoms with Crippen molar-refractivity contribution in [1.29, 1.82) is 10.5 Å². The quantitative estimate of drug-likeness (QED) is 0.103. The van der Waals surface area contributed by atoms with Gasteiger partial charge in [0.15, 0.2) is 0 Å². The molecular weight excluding hydrogens is 701 g/mol. The van der Waals surface area contributed by atoms with E-state index in [2.05, 4.69) is 9.69 Å². The van der Waals surface area contributed by atoms with Crippen LogP contribution in [-0.4, -0.2) is 71.3 Å². The van der Waals surface area contributed by atoms with E-state index in [9.17, 15) is 36.5 Å². The Hall–Kier alpha value is -5.30. The number of nitrogens with zero attached hydrogens (tertiary/aromatic N) is 4. The van der Waals surface area contributed by atoms with Gasteiger partial charge in [-0.15, -0.1) is 0 Å². The lowest BCUT2D eigenvalue weighted by Crippen LogP contribution is -2.22. The van der Waals surface area contributed by atoms with Gasteiger partial charge in [0, 0.05) is 29.6 Å². The largest absolute Gasteiger partial charge is 0.492 e. The molecule has 266 valence electrons. The molecule has 0 aromatic heterocycles. The van der Waals surface area contributed by atoms with Crippen molar-refractivity contribution < 1.29 is 44.9 Å². The van der Waals surface area contributed by atoms with E-state index in [1.165, 1.54) is 12.1 Å². The highest BCUT2D eigenvalue weighted by molar-refractivity contribution is 7.86. The molecule has 0 radical (unpaired) electrons. The molecule has 14 nitrogen and oxygen atoms in total. The van der Waals surface area contributed by atoms with E-state index in [0.717, 1.165) is 5.56 Å². The zero-order valence-electron chi connectivity index (χ0n) is 27.2. The summed E-state index contributed by atoms with van der Waals surface area (Å²) in [4.78, 5) is 6.50. The van der Waals surface area contributed by atoms with Gasteiger partial charge in [-0.05, 0) is 36.1 Å². The van der Waals surface area contributed by atoms with Gasteiger partial charge in [0.1, 0.15) is 30.0 Å². The van der Waals surface area contributed by atoms with E-state index >= 15 is 0 Å². The minimum Gasteiger partial charge on any atom is -0.492 e. The Bertz CT molecular complexity index is 2120. The molecule has 0 saturated carbocycles. The van der Waals surface area contributed by atoms with Crippen LogP contribution in [0, 0.1) is 35.8 Å². The molecule has 0 spiro atoms. The smallest absolute Gasteiger partial charge is 0.272 e.